The maximum atomic E-state index is 11.6. The highest BCUT2D eigenvalue weighted by molar-refractivity contribution is 6.43. The Balaban J connectivity index is 2.06. The Bertz CT molecular complexity index is 563. The molecule has 0 bridgehead atoms. The van der Waals surface area contributed by atoms with Crippen LogP contribution >= 0.6 is 23.2 Å². The van der Waals surface area contributed by atoms with Crippen LogP contribution in [0.3, 0.4) is 0 Å². The summed E-state index contributed by atoms with van der Waals surface area (Å²) in [5.41, 5.74) is 0.234. The van der Waals surface area contributed by atoms with Gasteiger partial charge in [0, 0.05) is 0 Å². The molecule has 5 nitrogen and oxygen atoms in total. The molecule has 0 saturated heterocycles. The van der Waals surface area contributed by atoms with E-state index in [2.05, 4.69) is 15.5 Å². The van der Waals surface area contributed by atoms with Crippen molar-refractivity contribution >= 4 is 35.0 Å². The fraction of sp³-hybridized carbons (Fsp3) is 0. The predicted octanol–water partition coefficient (Wildman–Crippen LogP) is 3.39. The molecule has 1 amide bonds. The van der Waals surface area contributed by atoms with E-state index in [9.17, 15) is 4.79 Å². The first-order valence-corrected chi connectivity index (χ1v) is 5.63. The van der Waals surface area contributed by atoms with Crippen LogP contribution < -0.4 is 10.1 Å². The van der Waals surface area contributed by atoms with Crippen LogP contribution in [0.4, 0.5) is 10.5 Å². The number of benzene rings is 1. The standard InChI is InChI=1S/C11H7Cl2N3O2/c12-9-8(6-14-16-10(9)13)15-11(17)18-7-4-2-1-3-5-7/h1-6H,(H,15,16,17). The van der Waals surface area contributed by atoms with Gasteiger partial charge in [-0.05, 0) is 12.1 Å². The maximum absolute atomic E-state index is 11.6. The van der Waals surface area contributed by atoms with Crippen molar-refractivity contribution in [1.82, 2.24) is 10.2 Å². The molecule has 1 aromatic heterocycles. The molecule has 0 radical (unpaired) electrons. The third kappa shape index (κ3) is 3.09. The molecule has 0 aliphatic heterocycles. The number of rotatable bonds is 2. The highest BCUT2D eigenvalue weighted by Crippen LogP contribution is 2.26. The van der Waals surface area contributed by atoms with Crippen LogP contribution in [0.1, 0.15) is 0 Å². The number of anilines is 1. The first kappa shape index (κ1) is 12.6. The minimum absolute atomic E-state index is 0.00850. The summed E-state index contributed by atoms with van der Waals surface area (Å²) < 4.78 is 5.01. The number of carbonyl (C=O) groups excluding carboxylic acids is 1. The van der Waals surface area contributed by atoms with Crippen LogP contribution in [0.2, 0.25) is 10.2 Å². The van der Waals surface area contributed by atoms with E-state index in [1.165, 1.54) is 6.20 Å². The van der Waals surface area contributed by atoms with Gasteiger partial charge in [0.1, 0.15) is 10.8 Å². The molecule has 0 fully saturated rings. The Hall–Kier alpha value is -1.85. The van der Waals surface area contributed by atoms with Gasteiger partial charge < -0.3 is 4.74 Å². The van der Waals surface area contributed by atoms with E-state index < -0.39 is 6.09 Å². The fourth-order valence-electron chi connectivity index (χ4n) is 1.17. The number of halogens is 2. The second-order valence-corrected chi connectivity index (χ2v) is 3.93. The zero-order valence-corrected chi connectivity index (χ0v) is 10.4. The Kier molecular flexibility index (Phi) is 3.96. The number of ether oxygens (including phenoxy) is 1. The number of carbonyl (C=O) groups is 1. The van der Waals surface area contributed by atoms with E-state index in [0.717, 1.165) is 0 Å². The number of nitrogens with zero attached hydrogens (tertiary/aromatic N) is 2. The summed E-state index contributed by atoms with van der Waals surface area (Å²) in [6.07, 6.45) is 0.590. The van der Waals surface area contributed by atoms with Gasteiger partial charge in [-0.2, -0.15) is 5.10 Å². The van der Waals surface area contributed by atoms with Crippen LogP contribution in [0.25, 0.3) is 0 Å². The lowest BCUT2D eigenvalue weighted by atomic mass is 10.3. The quantitative estimate of drug-likeness (QED) is 0.918. The van der Waals surface area contributed by atoms with Gasteiger partial charge in [0.05, 0.1) is 11.9 Å². The second kappa shape index (κ2) is 5.66. The third-order valence-electron chi connectivity index (χ3n) is 1.94. The van der Waals surface area contributed by atoms with Crippen molar-refractivity contribution in [3.63, 3.8) is 0 Å². The Labute approximate surface area is 113 Å². The highest BCUT2D eigenvalue weighted by Gasteiger charge is 2.11. The number of hydrogen-bond donors (Lipinski definition) is 1. The monoisotopic (exact) mass is 283 g/mol. The molecule has 0 spiro atoms. The van der Waals surface area contributed by atoms with E-state index in [1.54, 1.807) is 24.3 Å². The molecule has 1 aromatic carbocycles. The van der Waals surface area contributed by atoms with Gasteiger partial charge in [-0.3, -0.25) is 5.32 Å². The number of nitrogens with one attached hydrogen (secondary N) is 1. The number of amides is 1. The normalized spacial score (nSPS) is 9.89. The zero-order chi connectivity index (χ0) is 13.0. The highest BCUT2D eigenvalue weighted by atomic mass is 35.5. The molecule has 0 atom stereocenters. The van der Waals surface area contributed by atoms with E-state index in [4.69, 9.17) is 27.9 Å². The molecule has 2 rings (SSSR count). The van der Waals surface area contributed by atoms with Crippen LogP contribution in [-0.4, -0.2) is 16.3 Å². The van der Waals surface area contributed by atoms with E-state index in [0.29, 0.717) is 5.75 Å². The Morgan fingerprint density at radius 1 is 1.22 bits per heavy atom. The lowest BCUT2D eigenvalue weighted by Gasteiger charge is -2.07. The topological polar surface area (TPSA) is 64.1 Å². The Morgan fingerprint density at radius 2 is 1.94 bits per heavy atom. The van der Waals surface area contributed by atoms with Crippen molar-refractivity contribution in [2.45, 2.75) is 0 Å². The summed E-state index contributed by atoms with van der Waals surface area (Å²) in [6.45, 7) is 0. The number of para-hydroxylation sites is 1. The molecule has 2 aromatic rings. The van der Waals surface area contributed by atoms with Gasteiger partial charge in [-0.25, -0.2) is 4.79 Å². The van der Waals surface area contributed by atoms with E-state index in [-0.39, 0.29) is 15.9 Å². The lowest BCUT2D eigenvalue weighted by Crippen LogP contribution is -2.17. The molecule has 92 valence electrons. The minimum atomic E-state index is -0.688. The zero-order valence-electron chi connectivity index (χ0n) is 8.93. The smallest absolute Gasteiger partial charge is 0.410 e. The number of aromatic nitrogens is 2. The molecule has 1 N–H and O–H groups in total. The molecule has 0 aliphatic carbocycles. The lowest BCUT2D eigenvalue weighted by molar-refractivity contribution is 0.215. The summed E-state index contributed by atoms with van der Waals surface area (Å²) in [7, 11) is 0. The van der Waals surface area contributed by atoms with Crippen molar-refractivity contribution in [2.24, 2.45) is 0 Å². The van der Waals surface area contributed by atoms with E-state index >= 15 is 0 Å². The van der Waals surface area contributed by atoms with Crippen molar-refractivity contribution < 1.29 is 9.53 Å². The van der Waals surface area contributed by atoms with Crippen LogP contribution in [0.5, 0.6) is 5.75 Å². The molecule has 18 heavy (non-hydrogen) atoms. The largest absolute Gasteiger partial charge is 0.417 e. The second-order valence-electron chi connectivity index (χ2n) is 3.19. The van der Waals surface area contributed by atoms with Crippen molar-refractivity contribution in [3.05, 3.63) is 46.7 Å². The molecular formula is C11H7Cl2N3O2. The van der Waals surface area contributed by atoms with Gasteiger partial charge in [0.25, 0.3) is 0 Å². The van der Waals surface area contributed by atoms with Crippen LogP contribution in [0, 0.1) is 0 Å². The molecule has 1 heterocycles. The summed E-state index contributed by atoms with van der Waals surface area (Å²) in [5.74, 6) is 0.416. The SMILES string of the molecule is O=C(Nc1cnnc(Cl)c1Cl)Oc1ccccc1. The van der Waals surface area contributed by atoms with Crippen LogP contribution in [0.15, 0.2) is 36.5 Å². The van der Waals surface area contributed by atoms with E-state index in [1.807, 2.05) is 6.07 Å². The van der Waals surface area contributed by atoms with Gasteiger partial charge in [0.2, 0.25) is 0 Å². The summed E-state index contributed by atoms with van der Waals surface area (Å²) >= 11 is 11.5. The first-order chi connectivity index (χ1) is 8.66. The van der Waals surface area contributed by atoms with Gasteiger partial charge in [-0.1, -0.05) is 41.4 Å². The summed E-state index contributed by atoms with van der Waals surface area (Å²) in [6, 6.07) is 8.62. The molecule has 7 heteroatoms. The van der Waals surface area contributed by atoms with Crippen LogP contribution in [-0.2, 0) is 0 Å². The predicted molar refractivity (Wildman–Crippen MR) is 68.1 cm³/mol. The maximum Gasteiger partial charge on any atom is 0.417 e. The van der Waals surface area contributed by atoms with Crippen molar-refractivity contribution in [2.75, 3.05) is 5.32 Å². The molecular weight excluding hydrogens is 277 g/mol. The minimum Gasteiger partial charge on any atom is -0.410 e. The molecule has 0 saturated carbocycles. The van der Waals surface area contributed by atoms with Gasteiger partial charge in [0.15, 0.2) is 5.15 Å². The van der Waals surface area contributed by atoms with Gasteiger partial charge in [-0.15, -0.1) is 5.10 Å². The third-order valence-corrected chi connectivity index (χ3v) is 2.68. The fourth-order valence-corrected chi connectivity index (χ4v) is 1.45. The average molecular weight is 284 g/mol. The summed E-state index contributed by atoms with van der Waals surface area (Å²) in [4.78, 5) is 11.6. The first-order valence-electron chi connectivity index (χ1n) is 4.87. The average Bonchev–Trinajstić information content (AvgIpc) is 2.36. The summed E-state index contributed by atoms with van der Waals surface area (Å²) in [5, 5.41) is 9.63. The number of hydrogen-bond acceptors (Lipinski definition) is 4. The van der Waals surface area contributed by atoms with Gasteiger partial charge >= 0.3 is 6.09 Å². The van der Waals surface area contributed by atoms with Crippen molar-refractivity contribution in [1.29, 1.82) is 0 Å². The van der Waals surface area contributed by atoms with Crippen molar-refractivity contribution in [3.8, 4) is 5.75 Å². The molecule has 0 aliphatic rings. The Morgan fingerprint density at radius 3 is 2.67 bits per heavy atom. The molecule has 0 unspecified atom stereocenters.